The minimum absolute atomic E-state index is 0.134. The Hall–Kier alpha value is -2.49. The van der Waals surface area contributed by atoms with E-state index in [9.17, 15) is 13.2 Å². The molecule has 0 saturated carbocycles. The molecule has 35 heavy (non-hydrogen) atoms. The Labute approximate surface area is 214 Å². The van der Waals surface area contributed by atoms with E-state index < -0.39 is 10.0 Å². The fourth-order valence-electron chi connectivity index (χ4n) is 3.90. The molecule has 7 nitrogen and oxygen atoms in total. The van der Waals surface area contributed by atoms with Gasteiger partial charge in [0.1, 0.15) is 5.75 Å². The van der Waals surface area contributed by atoms with Crippen LogP contribution in [0.4, 0.5) is 5.69 Å². The van der Waals surface area contributed by atoms with Crippen molar-refractivity contribution in [2.75, 3.05) is 25.0 Å². The Morgan fingerprint density at radius 3 is 2.23 bits per heavy atom. The van der Waals surface area contributed by atoms with Gasteiger partial charge in [0, 0.05) is 24.3 Å². The molecule has 0 aromatic heterocycles. The summed E-state index contributed by atoms with van der Waals surface area (Å²) in [6, 6.07) is 13.4. The molecular weight excluding hydrogens is 482 g/mol. The van der Waals surface area contributed by atoms with Gasteiger partial charge in [-0.25, -0.2) is 8.42 Å². The molecule has 2 aromatic rings. The monoisotopic (exact) mass is 517 g/mol. The first kappa shape index (κ1) is 27.1. The zero-order chi connectivity index (χ0) is 25.1. The van der Waals surface area contributed by atoms with E-state index in [0.717, 1.165) is 44.3 Å². The van der Waals surface area contributed by atoms with Gasteiger partial charge in [0.15, 0.2) is 5.11 Å². The summed E-state index contributed by atoms with van der Waals surface area (Å²) in [5.74, 6) is 0.395. The SMILES string of the molecule is CCCCCCOc1ccc(C(=O)NC(=S)Nc2ccc(S(=O)(=O)N3CCCCCC3)cc2)cc1. The average Bonchev–Trinajstić information content (AvgIpc) is 3.15. The van der Waals surface area contributed by atoms with E-state index in [2.05, 4.69) is 17.6 Å². The number of amides is 1. The number of anilines is 1. The van der Waals surface area contributed by atoms with Gasteiger partial charge in [0.2, 0.25) is 10.0 Å². The number of carbonyl (C=O) groups is 1. The number of nitrogens with zero attached hydrogens (tertiary/aromatic N) is 1. The Kier molecular flexibility index (Phi) is 10.5. The largest absolute Gasteiger partial charge is 0.494 e. The summed E-state index contributed by atoms with van der Waals surface area (Å²) >= 11 is 5.26. The molecule has 1 heterocycles. The molecule has 9 heteroatoms. The fourth-order valence-corrected chi connectivity index (χ4v) is 5.63. The third kappa shape index (κ3) is 8.30. The lowest BCUT2D eigenvalue weighted by atomic mass is 10.2. The molecule has 1 saturated heterocycles. The van der Waals surface area contributed by atoms with Gasteiger partial charge in [-0.05, 0) is 80.0 Å². The number of benzene rings is 2. The topological polar surface area (TPSA) is 87.7 Å². The second-order valence-corrected chi connectivity index (χ2v) is 11.0. The van der Waals surface area contributed by atoms with Crippen LogP contribution in [0, 0.1) is 0 Å². The highest BCUT2D eigenvalue weighted by Crippen LogP contribution is 2.22. The molecule has 1 amide bonds. The van der Waals surface area contributed by atoms with E-state index in [4.69, 9.17) is 17.0 Å². The van der Waals surface area contributed by atoms with Crippen LogP contribution in [0.3, 0.4) is 0 Å². The van der Waals surface area contributed by atoms with E-state index in [1.165, 1.54) is 12.8 Å². The van der Waals surface area contributed by atoms with Crippen LogP contribution in [0.1, 0.15) is 68.6 Å². The molecule has 3 rings (SSSR count). The van der Waals surface area contributed by atoms with Crippen LogP contribution in [0.2, 0.25) is 0 Å². The fraction of sp³-hybridized carbons (Fsp3) is 0.462. The van der Waals surface area contributed by atoms with Gasteiger partial charge in [-0.2, -0.15) is 4.31 Å². The molecular formula is C26H35N3O4S2. The smallest absolute Gasteiger partial charge is 0.257 e. The molecule has 0 radical (unpaired) electrons. The van der Waals surface area contributed by atoms with Gasteiger partial charge in [-0.1, -0.05) is 39.0 Å². The summed E-state index contributed by atoms with van der Waals surface area (Å²) < 4.78 is 33.1. The van der Waals surface area contributed by atoms with Crippen LogP contribution in [0.5, 0.6) is 5.75 Å². The molecule has 1 aliphatic heterocycles. The number of ether oxygens (including phenoxy) is 1. The van der Waals surface area contributed by atoms with Crippen molar-refractivity contribution in [2.24, 2.45) is 0 Å². The van der Waals surface area contributed by atoms with Gasteiger partial charge in [-0.15, -0.1) is 0 Å². The Morgan fingerprint density at radius 2 is 1.60 bits per heavy atom. The molecule has 2 N–H and O–H groups in total. The average molecular weight is 518 g/mol. The summed E-state index contributed by atoms with van der Waals surface area (Å²) in [7, 11) is -3.51. The van der Waals surface area contributed by atoms with Crippen molar-refractivity contribution in [3.8, 4) is 5.75 Å². The van der Waals surface area contributed by atoms with Crippen molar-refractivity contribution in [1.82, 2.24) is 9.62 Å². The second kappa shape index (κ2) is 13.6. The van der Waals surface area contributed by atoms with Crippen LogP contribution in [-0.2, 0) is 10.0 Å². The maximum absolute atomic E-state index is 12.9. The molecule has 0 bridgehead atoms. The minimum atomic E-state index is -3.51. The van der Waals surface area contributed by atoms with Crippen molar-refractivity contribution in [2.45, 2.75) is 63.2 Å². The van der Waals surface area contributed by atoms with Crippen LogP contribution in [0.15, 0.2) is 53.4 Å². The van der Waals surface area contributed by atoms with Crippen molar-refractivity contribution in [3.63, 3.8) is 0 Å². The van der Waals surface area contributed by atoms with Crippen molar-refractivity contribution >= 4 is 38.9 Å². The van der Waals surface area contributed by atoms with E-state index in [1.807, 2.05) is 0 Å². The highest BCUT2D eigenvalue weighted by atomic mass is 32.2. The maximum Gasteiger partial charge on any atom is 0.257 e. The van der Waals surface area contributed by atoms with Crippen molar-refractivity contribution < 1.29 is 17.9 Å². The van der Waals surface area contributed by atoms with Crippen molar-refractivity contribution in [3.05, 3.63) is 54.1 Å². The highest BCUT2D eigenvalue weighted by molar-refractivity contribution is 7.89. The first-order valence-corrected chi connectivity index (χ1v) is 14.2. The number of hydrogen-bond donors (Lipinski definition) is 2. The predicted octanol–water partition coefficient (Wildman–Crippen LogP) is 5.34. The summed E-state index contributed by atoms with van der Waals surface area (Å²) in [5.41, 5.74) is 1.06. The second-order valence-electron chi connectivity index (χ2n) is 8.68. The standard InChI is InChI=1S/C26H35N3O4S2/c1-2-3-4-9-20-33-23-14-10-21(11-15-23)25(30)28-26(34)27-22-12-16-24(17-13-22)35(31,32)29-18-7-5-6-8-19-29/h10-17H,2-9,18-20H2,1H3,(H2,27,28,30,34). The zero-order valence-corrected chi connectivity index (χ0v) is 21.9. The Morgan fingerprint density at radius 1 is 0.943 bits per heavy atom. The van der Waals surface area contributed by atoms with E-state index in [0.29, 0.717) is 30.9 Å². The predicted molar refractivity (Wildman–Crippen MR) is 143 cm³/mol. The molecule has 1 fully saturated rings. The first-order chi connectivity index (χ1) is 16.9. The lowest BCUT2D eigenvalue weighted by Crippen LogP contribution is -2.34. The quantitative estimate of drug-likeness (QED) is 0.327. The van der Waals surface area contributed by atoms with Gasteiger partial charge >= 0.3 is 0 Å². The number of carbonyl (C=O) groups excluding carboxylic acids is 1. The lowest BCUT2D eigenvalue weighted by Gasteiger charge is -2.20. The normalized spacial score (nSPS) is 14.7. The molecule has 1 aliphatic rings. The van der Waals surface area contributed by atoms with Crippen LogP contribution in [0.25, 0.3) is 0 Å². The molecule has 0 atom stereocenters. The minimum Gasteiger partial charge on any atom is -0.494 e. The number of sulfonamides is 1. The highest BCUT2D eigenvalue weighted by Gasteiger charge is 2.25. The number of hydrogen-bond acceptors (Lipinski definition) is 5. The summed E-state index contributed by atoms with van der Waals surface area (Å²) in [5, 5.41) is 5.71. The van der Waals surface area contributed by atoms with E-state index in [1.54, 1.807) is 52.8 Å². The first-order valence-electron chi connectivity index (χ1n) is 12.4. The number of rotatable bonds is 10. The summed E-state index contributed by atoms with van der Waals surface area (Å²) in [4.78, 5) is 12.8. The third-order valence-corrected chi connectivity index (χ3v) is 8.04. The van der Waals surface area contributed by atoms with Gasteiger partial charge in [0.05, 0.1) is 11.5 Å². The van der Waals surface area contributed by atoms with Crippen LogP contribution in [-0.4, -0.2) is 43.4 Å². The van der Waals surface area contributed by atoms with Gasteiger partial charge in [-0.3, -0.25) is 10.1 Å². The molecule has 2 aromatic carbocycles. The maximum atomic E-state index is 12.9. The molecule has 0 unspecified atom stereocenters. The lowest BCUT2D eigenvalue weighted by molar-refractivity contribution is 0.0977. The number of nitrogens with one attached hydrogen (secondary N) is 2. The van der Waals surface area contributed by atoms with Gasteiger partial charge < -0.3 is 10.1 Å². The Balaban J connectivity index is 1.49. The summed E-state index contributed by atoms with van der Waals surface area (Å²) in [6.07, 6.45) is 8.47. The third-order valence-electron chi connectivity index (χ3n) is 5.93. The summed E-state index contributed by atoms with van der Waals surface area (Å²) in [6.45, 7) is 3.96. The Bertz CT molecular complexity index is 1060. The molecule has 0 spiro atoms. The van der Waals surface area contributed by atoms with Gasteiger partial charge in [0.25, 0.3) is 5.91 Å². The van der Waals surface area contributed by atoms with Crippen LogP contribution >= 0.6 is 12.2 Å². The number of thiocarbonyl (C=S) groups is 1. The molecule has 0 aliphatic carbocycles. The van der Waals surface area contributed by atoms with Crippen LogP contribution < -0.4 is 15.4 Å². The van der Waals surface area contributed by atoms with E-state index in [-0.39, 0.29) is 15.9 Å². The number of unbranched alkanes of at least 4 members (excludes halogenated alkanes) is 3. The van der Waals surface area contributed by atoms with E-state index >= 15 is 0 Å². The van der Waals surface area contributed by atoms with Crippen molar-refractivity contribution in [1.29, 1.82) is 0 Å². The molecule has 190 valence electrons. The zero-order valence-electron chi connectivity index (χ0n) is 20.3.